The quantitative estimate of drug-likeness (QED) is 0.0156. The van der Waals surface area contributed by atoms with Crippen LogP contribution in [0.15, 0.2) is 77.8 Å². The molecule has 0 fully saturated rings. The highest BCUT2D eigenvalue weighted by molar-refractivity contribution is 8.22. The van der Waals surface area contributed by atoms with Crippen molar-refractivity contribution in [3.8, 4) is 11.5 Å². The molecule has 428 valence electrons. The van der Waals surface area contributed by atoms with Gasteiger partial charge >= 0.3 is 0 Å². The number of rotatable bonds is 32. The lowest BCUT2D eigenvalue weighted by atomic mass is 10.0. The number of unbranched alkanes of at least 4 members (excludes halogenated alkanes) is 1. The van der Waals surface area contributed by atoms with Gasteiger partial charge in [0, 0.05) is 43.9 Å². The number of nitrogens with zero attached hydrogens (tertiary/aromatic N) is 2. The molecule has 0 saturated heterocycles. The second-order valence-electron chi connectivity index (χ2n) is 18.6. The lowest BCUT2D eigenvalue weighted by Crippen LogP contribution is -2.61. The van der Waals surface area contributed by atoms with Crippen molar-refractivity contribution in [2.75, 3.05) is 44.8 Å². The van der Waals surface area contributed by atoms with E-state index in [1.54, 1.807) is 12.1 Å². The number of hydrogen-bond donors (Lipinski definition) is 15. The largest absolute Gasteiger partial charge is 0.508 e. The van der Waals surface area contributed by atoms with Crippen LogP contribution in [-0.4, -0.2) is 164 Å². The van der Waals surface area contributed by atoms with Gasteiger partial charge in [0.05, 0.1) is 25.9 Å². The van der Waals surface area contributed by atoms with Crippen LogP contribution in [0.25, 0.3) is 0 Å². The van der Waals surface area contributed by atoms with Crippen LogP contribution in [0.3, 0.4) is 0 Å². The first-order valence-electron chi connectivity index (χ1n) is 25.4. The number of aliphatic hydroxyl groups excluding tert-OH is 3. The van der Waals surface area contributed by atoms with Crippen molar-refractivity contribution in [3.63, 3.8) is 0 Å². The van der Waals surface area contributed by atoms with Gasteiger partial charge in [-0.25, -0.2) is 0 Å². The molecule has 0 saturated carbocycles. The van der Waals surface area contributed by atoms with Gasteiger partial charge in [0.2, 0.25) is 41.4 Å². The molecule has 1 unspecified atom stereocenters. The fourth-order valence-corrected chi connectivity index (χ4v) is 8.89. The number of hydrogen-bond acceptors (Lipinski definition) is 16. The van der Waals surface area contributed by atoms with Crippen LogP contribution in [-0.2, 0) is 52.2 Å². The Morgan fingerprint density at radius 2 is 0.974 bits per heavy atom. The fourth-order valence-electron chi connectivity index (χ4n) is 7.53. The summed E-state index contributed by atoms with van der Waals surface area (Å²) in [6, 6.07) is 7.98. The summed E-state index contributed by atoms with van der Waals surface area (Å²) in [4.78, 5) is 102. The molecule has 24 nitrogen and oxygen atoms in total. The number of aliphatic hydroxyl groups is 3. The highest BCUT2D eigenvalue weighted by atomic mass is 32.2. The monoisotopic (exact) mass is 1120 g/mol. The minimum atomic E-state index is -1.76. The molecule has 7 amide bonds. The Hall–Kier alpha value is -7.10. The number of thiocarbonyl (C=S) groups is 1. The molecular formula is C52H76N12O12S2. The first-order valence-corrected chi connectivity index (χ1v) is 26.8. The predicted molar refractivity (Wildman–Crippen MR) is 300 cm³/mol. The molecule has 0 spiro atoms. The maximum Gasteiger partial charge on any atom is 0.246 e. The number of guanidine groups is 1. The van der Waals surface area contributed by atoms with E-state index < -0.39 is 103 Å². The van der Waals surface area contributed by atoms with Gasteiger partial charge in [-0.2, -0.15) is 0 Å². The van der Waals surface area contributed by atoms with Gasteiger partial charge in [0.25, 0.3) is 0 Å². The summed E-state index contributed by atoms with van der Waals surface area (Å²) >= 11 is 7.07. The Kier molecular flexibility index (Phi) is 28.4. The Balaban J connectivity index is 1.82. The van der Waals surface area contributed by atoms with E-state index in [0.717, 1.165) is 23.0 Å². The third kappa shape index (κ3) is 22.9. The number of anilines is 1. The zero-order chi connectivity index (χ0) is 57.9. The maximum absolute atomic E-state index is 14.4. The lowest BCUT2D eigenvalue weighted by molar-refractivity contribution is -0.136. The number of aliphatic imine (C=N–C) groups is 1. The summed E-state index contributed by atoms with van der Waals surface area (Å²) in [6.45, 7) is 6.75. The summed E-state index contributed by atoms with van der Waals surface area (Å²) < 4.78 is 0.781. The molecule has 18 N–H and O–H groups in total. The molecule has 3 aromatic carbocycles. The minimum absolute atomic E-state index is 0.0917. The highest BCUT2D eigenvalue weighted by Gasteiger charge is 2.34. The summed E-state index contributed by atoms with van der Waals surface area (Å²) in [7, 11) is 0. The van der Waals surface area contributed by atoms with Crippen molar-refractivity contribution in [2.24, 2.45) is 28.1 Å². The molecule has 0 radical (unpaired) electrons. The fraction of sp³-hybridized carbons (Fsp3) is 0.481. The number of amides is 7. The standard InChI is InChI=1S/C52H76N12O12S2/c1-5-64(6-2)52(77)78-29-33-10-16-34(17-11-33)57-45(71)38(23-30(3)4)58-48(74)42(27-66)62-47(73)40(25-32-14-20-36(69)21-15-32)59-46(72)39(24-31-12-18-35(68)19-13-31)60-49(75)43(28-67)63-50(76)41(26-65)61-44(70)37(53)9-7-8-22-56-51(54)55/h10-21,30,37-43,65-69H,5-9,22-29,53H2,1-4H3,(H,57,71)(H,58,74)(H,59,72)(H,60,75)(H,61,70)(H,62,73)(H,63,76)(H4,54,55,56)/t37-,38-,39-,40?,41-,42-,43-/m1/s1. The number of thioether (sulfide) groups is 1. The van der Waals surface area contributed by atoms with E-state index >= 15 is 0 Å². The van der Waals surface area contributed by atoms with E-state index in [1.807, 2.05) is 39.8 Å². The second kappa shape index (κ2) is 33.9. The van der Waals surface area contributed by atoms with Crippen molar-refractivity contribution < 1.29 is 59.1 Å². The Morgan fingerprint density at radius 1 is 0.577 bits per heavy atom. The lowest BCUT2D eigenvalue weighted by Gasteiger charge is -2.27. The molecule has 0 aliphatic heterocycles. The maximum atomic E-state index is 14.4. The van der Waals surface area contributed by atoms with E-state index in [0.29, 0.717) is 42.0 Å². The topological polar surface area (TPSA) is 399 Å². The van der Waals surface area contributed by atoms with Crippen LogP contribution in [0.4, 0.5) is 5.69 Å². The Bertz CT molecular complexity index is 2460. The average molecular weight is 1130 g/mol. The molecule has 0 heterocycles. The van der Waals surface area contributed by atoms with Crippen LogP contribution in [0.2, 0.25) is 0 Å². The minimum Gasteiger partial charge on any atom is -0.508 e. The molecule has 0 aromatic heterocycles. The first-order chi connectivity index (χ1) is 37.1. The molecule has 3 aromatic rings. The molecular weight excluding hydrogens is 1050 g/mol. The van der Waals surface area contributed by atoms with E-state index in [1.165, 1.54) is 60.3 Å². The summed E-state index contributed by atoms with van der Waals surface area (Å²) in [5.41, 5.74) is 18.9. The highest BCUT2D eigenvalue weighted by Crippen LogP contribution is 2.20. The van der Waals surface area contributed by atoms with Gasteiger partial charge in [0.1, 0.15) is 52.1 Å². The molecule has 7 atom stereocenters. The van der Waals surface area contributed by atoms with Crippen molar-refractivity contribution in [2.45, 2.75) is 114 Å². The number of nitrogens with two attached hydrogens (primary N) is 3. The summed E-state index contributed by atoms with van der Waals surface area (Å²) in [5.74, 6) is -6.22. The molecule has 78 heavy (non-hydrogen) atoms. The third-order valence-electron chi connectivity index (χ3n) is 12.0. The van der Waals surface area contributed by atoms with Gasteiger partial charge in [-0.1, -0.05) is 74.2 Å². The van der Waals surface area contributed by atoms with Crippen molar-refractivity contribution in [3.05, 3.63) is 89.5 Å². The molecule has 3 rings (SSSR count). The molecule has 0 aliphatic rings. The number of aromatic hydroxyl groups is 2. The number of phenolic OH excluding ortho intramolecular Hbond substituents is 2. The number of phenols is 2. The smallest absolute Gasteiger partial charge is 0.246 e. The molecule has 0 aliphatic carbocycles. The van der Waals surface area contributed by atoms with Crippen LogP contribution in [0.1, 0.15) is 70.1 Å². The van der Waals surface area contributed by atoms with Crippen molar-refractivity contribution in [1.29, 1.82) is 0 Å². The van der Waals surface area contributed by atoms with Gasteiger partial charge in [0.15, 0.2) is 5.96 Å². The summed E-state index contributed by atoms with van der Waals surface area (Å²) in [6.07, 6.45) is 0.755. The second-order valence-corrected chi connectivity index (χ2v) is 20.2. The van der Waals surface area contributed by atoms with Crippen LogP contribution in [0, 0.1) is 5.92 Å². The van der Waals surface area contributed by atoms with Crippen molar-refractivity contribution in [1.82, 2.24) is 36.8 Å². The molecule has 0 bridgehead atoms. The normalized spacial score (nSPS) is 13.7. The number of carbonyl (C=O) groups excluding carboxylic acids is 7. The Labute approximate surface area is 463 Å². The SMILES string of the molecule is CCN(CC)C(=S)SCc1ccc(NC(=O)[C@@H](CC(C)C)NC(=O)[C@@H](CO)NC(=O)C(Cc2ccc(O)cc2)NC(=O)[C@@H](Cc2ccc(O)cc2)NC(=O)[C@@H](CO)NC(=O)[C@@H](CO)NC(=O)[C@H](N)CCCCN=C(N)N)cc1. The van der Waals surface area contributed by atoms with Crippen LogP contribution in [0.5, 0.6) is 11.5 Å². The number of nitrogens with one attached hydrogen (secondary N) is 7. The zero-order valence-corrected chi connectivity index (χ0v) is 45.9. The van der Waals surface area contributed by atoms with Gasteiger partial charge < -0.3 is 84.9 Å². The van der Waals surface area contributed by atoms with E-state index in [2.05, 4.69) is 47.1 Å². The Morgan fingerprint density at radius 3 is 1.38 bits per heavy atom. The van der Waals surface area contributed by atoms with Crippen LogP contribution < -0.4 is 54.4 Å². The van der Waals surface area contributed by atoms with Crippen molar-refractivity contribution >= 4 is 81.3 Å². The van der Waals surface area contributed by atoms with Gasteiger partial charge in [-0.05, 0) is 98.5 Å². The third-order valence-corrected chi connectivity index (χ3v) is 13.6. The number of benzene rings is 3. The van der Waals surface area contributed by atoms with E-state index in [4.69, 9.17) is 29.4 Å². The van der Waals surface area contributed by atoms with E-state index in [-0.39, 0.29) is 49.1 Å². The zero-order valence-electron chi connectivity index (χ0n) is 44.3. The summed E-state index contributed by atoms with van der Waals surface area (Å²) in [5, 5.41) is 68.2. The number of carbonyl (C=O) groups is 7. The van der Waals surface area contributed by atoms with E-state index in [9.17, 15) is 59.1 Å². The predicted octanol–water partition coefficient (Wildman–Crippen LogP) is -0.916. The van der Waals surface area contributed by atoms with Crippen LogP contribution >= 0.6 is 24.0 Å². The van der Waals surface area contributed by atoms with Gasteiger partial charge in [-0.15, -0.1) is 0 Å². The average Bonchev–Trinajstić information content (AvgIpc) is 3.40. The van der Waals surface area contributed by atoms with Gasteiger partial charge in [-0.3, -0.25) is 38.6 Å². The molecule has 26 heteroatoms. The first kappa shape index (κ1) is 65.2.